The Balaban J connectivity index is 2.88. The highest BCUT2D eigenvalue weighted by molar-refractivity contribution is 6.33. The van der Waals surface area contributed by atoms with E-state index < -0.39 is 18.2 Å². The van der Waals surface area contributed by atoms with Crippen molar-refractivity contribution in [2.24, 2.45) is 0 Å². The number of aliphatic hydroxyl groups is 2. The molecule has 19 heavy (non-hydrogen) atoms. The Hall–Kier alpha value is -1.43. The highest BCUT2D eigenvalue weighted by atomic mass is 35.5. The van der Waals surface area contributed by atoms with Crippen LogP contribution in [0.2, 0.25) is 5.02 Å². The van der Waals surface area contributed by atoms with E-state index in [4.69, 9.17) is 11.6 Å². The predicted molar refractivity (Wildman–Crippen MR) is 69.1 cm³/mol. The molecule has 2 N–H and O–H groups in total. The molecule has 1 aromatic rings. The van der Waals surface area contributed by atoms with E-state index in [9.17, 15) is 19.8 Å². The van der Waals surface area contributed by atoms with Crippen LogP contribution in [0.1, 0.15) is 35.4 Å². The van der Waals surface area contributed by atoms with E-state index in [0.717, 1.165) is 0 Å². The third-order valence-electron chi connectivity index (χ3n) is 2.68. The van der Waals surface area contributed by atoms with Gasteiger partial charge in [-0.2, -0.15) is 0 Å². The standard InChI is InChI=1S/C13H15ClO5/c1-7(15)9-4-3-8(5-10(9)14)13(18)11(16)6-12(17)19-2/h3-5,11,13,16,18H,6H2,1-2H3. The highest BCUT2D eigenvalue weighted by Gasteiger charge is 2.22. The number of ketones is 1. The molecule has 0 amide bonds. The Labute approximate surface area is 115 Å². The van der Waals surface area contributed by atoms with Crippen LogP contribution in [0.5, 0.6) is 0 Å². The van der Waals surface area contributed by atoms with Gasteiger partial charge < -0.3 is 14.9 Å². The normalized spacial score (nSPS) is 13.7. The molecule has 0 radical (unpaired) electrons. The molecule has 1 rings (SSSR count). The summed E-state index contributed by atoms with van der Waals surface area (Å²) >= 11 is 5.90. The van der Waals surface area contributed by atoms with Gasteiger partial charge in [-0.1, -0.05) is 17.7 Å². The van der Waals surface area contributed by atoms with Crippen LogP contribution < -0.4 is 0 Å². The van der Waals surface area contributed by atoms with E-state index in [1.807, 2.05) is 0 Å². The number of aliphatic hydroxyl groups excluding tert-OH is 2. The second-order valence-electron chi connectivity index (χ2n) is 4.09. The van der Waals surface area contributed by atoms with Crippen molar-refractivity contribution in [3.8, 4) is 0 Å². The molecule has 0 fully saturated rings. The Morgan fingerprint density at radius 2 is 2.00 bits per heavy atom. The number of benzene rings is 1. The van der Waals surface area contributed by atoms with E-state index in [1.54, 1.807) is 0 Å². The minimum Gasteiger partial charge on any atom is -0.469 e. The Kier molecular flexibility index (Phi) is 5.47. The van der Waals surface area contributed by atoms with Crippen molar-refractivity contribution in [3.05, 3.63) is 34.3 Å². The van der Waals surface area contributed by atoms with Crippen molar-refractivity contribution in [1.29, 1.82) is 0 Å². The van der Waals surface area contributed by atoms with Crippen molar-refractivity contribution < 1.29 is 24.5 Å². The van der Waals surface area contributed by atoms with Gasteiger partial charge in [0.15, 0.2) is 5.78 Å². The zero-order chi connectivity index (χ0) is 14.6. The first-order valence-corrected chi connectivity index (χ1v) is 5.98. The molecule has 0 aliphatic carbocycles. The number of esters is 1. The molecule has 0 aliphatic rings. The predicted octanol–water partition coefficient (Wildman–Crippen LogP) is 1.50. The maximum Gasteiger partial charge on any atom is 0.308 e. The first-order valence-electron chi connectivity index (χ1n) is 5.60. The summed E-state index contributed by atoms with van der Waals surface area (Å²) in [6.07, 6.45) is -2.91. The maximum atomic E-state index is 11.2. The van der Waals surface area contributed by atoms with Crippen LogP contribution in [-0.4, -0.2) is 35.2 Å². The fourth-order valence-electron chi connectivity index (χ4n) is 1.59. The van der Waals surface area contributed by atoms with Gasteiger partial charge in [-0.05, 0) is 24.6 Å². The quantitative estimate of drug-likeness (QED) is 0.633. The summed E-state index contributed by atoms with van der Waals surface area (Å²) in [6, 6.07) is 4.34. The average molecular weight is 287 g/mol. The maximum absolute atomic E-state index is 11.2. The van der Waals surface area contributed by atoms with Gasteiger partial charge in [-0.15, -0.1) is 0 Å². The summed E-state index contributed by atoms with van der Waals surface area (Å²) in [5, 5.41) is 19.8. The van der Waals surface area contributed by atoms with Gasteiger partial charge >= 0.3 is 5.97 Å². The van der Waals surface area contributed by atoms with Gasteiger partial charge in [-0.3, -0.25) is 9.59 Å². The molecular weight excluding hydrogens is 272 g/mol. The summed E-state index contributed by atoms with van der Waals surface area (Å²) in [4.78, 5) is 22.2. The number of hydrogen-bond donors (Lipinski definition) is 2. The fraction of sp³-hybridized carbons (Fsp3) is 0.385. The molecule has 0 bridgehead atoms. The van der Waals surface area contributed by atoms with Gasteiger partial charge in [0.25, 0.3) is 0 Å². The lowest BCUT2D eigenvalue weighted by Crippen LogP contribution is -2.22. The van der Waals surface area contributed by atoms with Crippen LogP contribution >= 0.6 is 11.6 Å². The summed E-state index contributed by atoms with van der Waals surface area (Å²) in [6.45, 7) is 1.38. The Morgan fingerprint density at radius 3 is 2.47 bits per heavy atom. The van der Waals surface area contributed by atoms with Gasteiger partial charge in [0.2, 0.25) is 0 Å². The number of carbonyl (C=O) groups excluding carboxylic acids is 2. The molecule has 0 heterocycles. The number of Topliss-reactive ketones (excluding diaryl/α,β-unsaturated/α-hetero) is 1. The van der Waals surface area contributed by atoms with Crippen LogP contribution in [0.4, 0.5) is 0 Å². The van der Waals surface area contributed by atoms with Gasteiger partial charge in [-0.25, -0.2) is 0 Å². The molecule has 1 aromatic carbocycles. The molecule has 2 atom stereocenters. The number of rotatable bonds is 5. The van der Waals surface area contributed by atoms with Crippen LogP contribution in [0.3, 0.4) is 0 Å². The third-order valence-corrected chi connectivity index (χ3v) is 2.99. The minimum atomic E-state index is -1.30. The molecule has 0 saturated carbocycles. The average Bonchev–Trinajstić information content (AvgIpc) is 2.36. The molecule has 6 heteroatoms. The molecule has 2 unspecified atom stereocenters. The molecule has 0 saturated heterocycles. The minimum absolute atomic E-state index is 0.189. The van der Waals surface area contributed by atoms with Crippen molar-refractivity contribution in [2.45, 2.75) is 25.6 Å². The number of carbonyl (C=O) groups is 2. The van der Waals surface area contributed by atoms with Gasteiger partial charge in [0, 0.05) is 5.56 Å². The lowest BCUT2D eigenvalue weighted by atomic mass is 10.00. The smallest absolute Gasteiger partial charge is 0.308 e. The van der Waals surface area contributed by atoms with E-state index in [0.29, 0.717) is 11.1 Å². The van der Waals surface area contributed by atoms with Gasteiger partial charge in [0.05, 0.1) is 24.7 Å². The van der Waals surface area contributed by atoms with E-state index in [-0.39, 0.29) is 17.2 Å². The Morgan fingerprint density at radius 1 is 1.37 bits per heavy atom. The number of halogens is 1. The Bertz CT molecular complexity index is 486. The number of methoxy groups -OCH3 is 1. The van der Waals surface area contributed by atoms with Crippen molar-refractivity contribution >= 4 is 23.4 Å². The van der Waals surface area contributed by atoms with Gasteiger partial charge in [0.1, 0.15) is 6.10 Å². The summed E-state index contributed by atoms with van der Waals surface area (Å²) < 4.78 is 4.40. The number of hydrogen-bond acceptors (Lipinski definition) is 5. The van der Waals surface area contributed by atoms with E-state index in [2.05, 4.69) is 4.74 Å². The fourth-order valence-corrected chi connectivity index (χ4v) is 1.91. The summed E-state index contributed by atoms with van der Waals surface area (Å²) in [7, 11) is 1.19. The zero-order valence-corrected chi connectivity index (χ0v) is 11.3. The monoisotopic (exact) mass is 286 g/mol. The lowest BCUT2D eigenvalue weighted by molar-refractivity contribution is -0.144. The van der Waals surface area contributed by atoms with Crippen LogP contribution in [-0.2, 0) is 9.53 Å². The van der Waals surface area contributed by atoms with Crippen LogP contribution in [0, 0.1) is 0 Å². The largest absolute Gasteiger partial charge is 0.469 e. The van der Waals surface area contributed by atoms with Crippen LogP contribution in [0.15, 0.2) is 18.2 Å². The van der Waals surface area contributed by atoms with E-state index in [1.165, 1.54) is 32.2 Å². The SMILES string of the molecule is COC(=O)CC(O)C(O)c1ccc(C(C)=O)c(Cl)c1. The molecule has 0 spiro atoms. The summed E-state index contributed by atoms with van der Waals surface area (Å²) in [5.41, 5.74) is 0.659. The highest BCUT2D eigenvalue weighted by Crippen LogP contribution is 2.25. The first-order chi connectivity index (χ1) is 8.86. The van der Waals surface area contributed by atoms with Crippen LogP contribution in [0.25, 0.3) is 0 Å². The second-order valence-corrected chi connectivity index (χ2v) is 4.50. The molecule has 0 aliphatic heterocycles. The summed E-state index contributed by atoms with van der Waals surface area (Å²) in [5.74, 6) is -0.820. The first kappa shape index (κ1) is 15.6. The lowest BCUT2D eigenvalue weighted by Gasteiger charge is -2.17. The number of ether oxygens (including phenoxy) is 1. The van der Waals surface area contributed by atoms with E-state index >= 15 is 0 Å². The zero-order valence-electron chi connectivity index (χ0n) is 10.6. The third kappa shape index (κ3) is 4.02. The van der Waals surface area contributed by atoms with Crippen molar-refractivity contribution in [2.75, 3.05) is 7.11 Å². The second kappa shape index (κ2) is 6.65. The van der Waals surface area contributed by atoms with Crippen molar-refractivity contribution in [1.82, 2.24) is 0 Å². The topological polar surface area (TPSA) is 83.8 Å². The van der Waals surface area contributed by atoms with Crippen molar-refractivity contribution in [3.63, 3.8) is 0 Å². The molecule has 0 aromatic heterocycles. The molecular formula is C13H15ClO5. The molecule has 104 valence electrons. The molecule has 5 nitrogen and oxygen atoms in total.